The maximum Gasteiger partial charge on any atom is 0.264 e. The Balaban J connectivity index is 2.42. The van der Waals surface area contributed by atoms with E-state index in [-0.39, 0.29) is 22.9 Å². The third kappa shape index (κ3) is 3.04. The Kier molecular flexibility index (Phi) is 4.60. The zero-order valence-corrected chi connectivity index (χ0v) is 14.9. The normalized spacial score (nSPS) is 11.8. The molecule has 2 heterocycles. The van der Waals surface area contributed by atoms with Crippen LogP contribution in [0.4, 0.5) is 8.78 Å². The van der Waals surface area contributed by atoms with E-state index in [1.54, 1.807) is 12.1 Å². The van der Waals surface area contributed by atoms with E-state index in [2.05, 4.69) is 4.98 Å². The molecule has 7 heteroatoms. The predicted octanol–water partition coefficient (Wildman–Crippen LogP) is 4.53. The van der Waals surface area contributed by atoms with Gasteiger partial charge >= 0.3 is 0 Å². The topological polar surface area (TPSA) is 55.1 Å². The van der Waals surface area contributed by atoms with Gasteiger partial charge in [0.1, 0.15) is 10.4 Å². The van der Waals surface area contributed by atoms with Crippen molar-refractivity contribution in [2.45, 2.75) is 39.7 Å². The number of aromatic hydroxyl groups is 1. The van der Waals surface area contributed by atoms with Gasteiger partial charge in [-0.25, -0.2) is 13.8 Å². The molecule has 0 fully saturated rings. The predicted molar refractivity (Wildman–Crippen MR) is 95.8 cm³/mol. The maximum absolute atomic E-state index is 13.1. The summed E-state index contributed by atoms with van der Waals surface area (Å²) in [5.74, 6) is -0.127. The minimum Gasteiger partial charge on any atom is -0.505 e. The van der Waals surface area contributed by atoms with Crippen molar-refractivity contribution in [3.63, 3.8) is 0 Å². The van der Waals surface area contributed by atoms with Crippen molar-refractivity contribution in [1.29, 1.82) is 0 Å². The summed E-state index contributed by atoms with van der Waals surface area (Å²) in [5.41, 5.74) is 0.833. The van der Waals surface area contributed by atoms with Crippen molar-refractivity contribution >= 4 is 21.7 Å². The minimum absolute atomic E-state index is 0.0465. The fraction of sp³-hybridized carbons (Fsp3) is 0.333. The number of rotatable bonds is 4. The number of aromatic nitrogens is 2. The van der Waals surface area contributed by atoms with Gasteiger partial charge in [-0.2, -0.15) is 0 Å². The summed E-state index contributed by atoms with van der Waals surface area (Å²) < 4.78 is 27.5. The van der Waals surface area contributed by atoms with Crippen LogP contribution in [-0.4, -0.2) is 21.1 Å². The fourth-order valence-electron chi connectivity index (χ4n) is 2.76. The highest BCUT2D eigenvalue weighted by Gasteiger charge is 2.24. The number of fused-ring (bicyclic) bond motifs is 1. The van der Waals surface area contributed by atoms with E-state index in [4.69, 9.17) is 0 Å². The third-order valence-corrected chi connectivity index (χ3v) is 5.37. The van der Waals surface area contributed by atoms with Gasteiger partial charge in [0.25, 0.3) is 12.0 Å². The number of nitrogens with zero attached hydrogens (tertiary/aromatic N) is 2. The molecule has 0 aliphatic carbocycles. The van der Waals surface area contributed by atoms with Gasteiger partial charge in [-0.05, 0) is 18.1 Å². The average molecular weight is 364 g/mol. The number of thiazole rings is 1. The van der Waals surface area contributed by atoms with E-state index in [9.17, 15) is 18.7 Å². The molecule has 3 aromatic rings. The van der Waals surface area contributed by atoms with Crippen LogP contribution in [0.5, 0.6) is 5.75 Å². The summed E-state index contributed by atoms with van der Waals surface area (Å²) in [5, 5.41) is 11.4. The van der Waals surface area contributed by atoms with Crippen molar-refractivity contribution in [3.8, 4) is 16.9 Å². The van der Waals surface area contributed by atoms with Crippen molar-refractivity contribution < 1.29 is 13.9 Å². The van der Waals surface area contributed by atoms with Gasteiger partial charge in [0.2, 0.25) is 0 Å². The minimum atomic E-state index is -2.70. The van der Waals surface area contributed by atoms with Crippen LogP contribution >= 0.6 is 11.3 Å². The van der Waals surface area contributed by atoms with Gasteiger partial charge in [-0.3, -0.25) is 9.36 Å². The summed E-state index contributed by atoms with van der Waals surface area (Å²) in [6, 6.07) is 7.07. The number of pyridine rings is 1. The summed E-state index contributed by atoms with van der Waals surface area (Å²) in [4.78, 5) is 17.2. The van der Waals surface area contributed by atoms with Gasteiger partial charge in [0.15, 0.2) is 5.65 Å². The Labute approximate surface area is 147 Å². The Morgan fingerprint density at radius 2 is 1.96 bits per heavy atom. The molecular weight excluding hydrogens is 346 g/mol. The first-order chi connectivity index (χ1) is 11.8. The molecule has 25 heavy (non-hydrogen) atoms. The number of hydrogen-bond acceptors (Lipinski definition) is 4. The largest absolute Gasteiger partial charge is 0.505 e. The van der Waals surface area contributed by atoms with Gasteiger partial charge in [0, 0.05) is 5.92 Å². The Hall–Kier alpha value is -2.28. The Morgan fingerprint density at radius 3 is 2.56 bits per heavy atom. The van der Waals surface area contributed by atoms with Gasteiger partial charge < -0.3 is 5.11 Å². The van der Waals surface area contributed by atoms with E-state index in [1.807, 2.05) is 32.9 Å². The quantitative estimate of drug-likeness (QED) is 0.740. The molecule has 0 bridgehead atoms. The second-order valence-electron chi connectivity index (χ2n) is 6.20. The average Bonchev–Trinajstić information content (AvgIpc) is 2.99. The lowest BCUT2D eigenvalue weighted by Gasteiger charge is -2.13. The molecule has 2 aromatic heterocycles. The molecule has 132 valence electrons. The molecule has 0 spiro atoms. The molecule has 3 rings (SSSR count). The highest BCUT2D eigenvalue weighted by atomic mass is 32.1. The lowest BCUT2D eigenvalue weighted by Crippen LogP contribution is -2.25. The molecule has 0 unspecified atom stereocenters. The highest BCUT2D eigenvalue weighted by molar-refractivity contribution is 7.19. The molecule has 4 nitrogen and oxygen atoms in total. The molecule has 1 N–H and O–H groups in total. The smallest absolute Gasteiger partial charge is 0.264 e. The number of benzene rings is 1. The van der Waals surface area contributed by atoms with Crippen LogP contribution in [0.15, 0.2) is 29.1 Å². The van der Waals surface area contributed by atoms with E-state index >= 15 is 0 Å². The number of alkyl halides is 2. The fourth-order valence-corrected chi connectivity index (χ4v) is 3.78. The second kappa shape index (κ2) is 6.55. The van der Waals surface area contributed by atoms with E-state index in [0.29, 0.717) is 15.3 Å². The van der Waals surface area contributed by atoms with Crippen LogP contribution in [0.3, 0.4) is 0 Å². The Morgan fingerprint density at radius 1 is 1.28 bits per heavy atom. The zero-order chi connectivity index (χ0) is 18.3. The first kappa shape index (κ1) is 17.5. The summed E-state index contributed by atoms with van der Waals surface area (Å²) >= 11 is 1.23. The van der Waals surface area contributed by atoms with Crippen molar-refractivity contribution in [2.24, 2.45) is 0 Å². The van der Waals surface area contributed by atoms with Crippen molar-refractivity contribution in [1.82, 2.24) is 9.55 Å². The summed E-state index contributed by atoms with van der Waals surface area (Å²) in [6.45, 7) is 4.90. The molecule has 0 aliphatic rings. The summed E-state index contributed by atoms with van der Waals surface area (Å²) in [7, 11) is 0. The van der Waals surface area contributed by atoms with Crippen LogP contribution in [0.1, 0.15) is 30.3 Å². The standard InChI is InChI=1S/C18H18F2N2O2S/c1-9(2)17-21-16-15(25-17)14(23)13(11-7-5-4-6-10(11)3)18(24)22(16)8-12(19)20/h4-7,9,12,23H,8H2,1-3H3. The monoisotopic (exact) mass is 364 g/mol. The molecule has 0 atom stereocenters. The van der Waals surface area contributed by atoms with E-state index in [1.165, 1.54) is 11.3 Å². The van der Waals surface area contributed by atoms with Crippen LogP contribution < -0.4 is 5.56 Å². The van der Waals surface area contributed by atoms with Crippen LogP contribution in [0.25, 0.3) is 21.5 Å². The Bertz CT molecular complexity index is 993. The molecule has 0 saturated heterocycles. The maximum atomic E-state index is 13.1. The molecule has 0 aliphatic heterocycles. The molecule has 1 aromatic carbocycles. The van der Waals surface area contributed by atoms with Crippen LogP contribution in [-0.2, 0) is 6.54 Å². The highest BCUT2D eigenvalue weighted by Crippen LogP contribution is 2.39. The number of halogens is 2. The SMILES string of the molecule is Cc1ccccc1-c1c(O)c2sc(C(C)C)nc2n(CC(F)F)c1=O. The van der Waals surface area contributed by atoms with E-state index in [0.717, 1.165) is 10.1 Å². The van der Waals surface area contributed by atoms with Crippen molar-refractivity contribution in [2.75, 3.05) is 0 Å². The lowest BCUT2D eigenvalue weighted by atomic mass is 10.0. The van der Waals surface area contributed by atoms with Gasteiger partial charge in [-0.15, -0.1) is 11.3 Å². The van der Waals surface area contributed by atoms with Crippen molar-refractivity contribution in [3.05, 3.63) is 45.2 Å². The first-order valence-corrected chi connectivity index (χ1v) is 8.73. The molecular formula is C18H18F2N2O2S. The van der Waals surface area contributed by atoms with Crippen LogP contribution in [0, 0.1) is 6.92 Å². The molecule has 0 radical (unpaired) electrons. The zero-order valence-electron chi connectivity index (χ0n) is 14.1. The third-order valence-electron chi connectivity index (χ3n) is 4.02. The summed E-state index contributed by atoms with van der Waals surface area (Å²) in [6.07, 6.45) is -2.70. The lowest BCUT2D eigenvalue weighted by molar-refractivity contribution is 0.126. The number of aryl methyl sites for hydroxylation is 1. The van der Waals surface area contributed by atoms with Gasteiger partial charge in [0.05, 0.1) is 17.1 Å². The molecule has 0 amide bonds. The van der Waals surface area contributed by atoms with Crippen LogP contribution in [0.2, 0.25) is 0 Å². The second-order valence-corrected chi connectivity index (χ2v) is 7.24. The first-order valence-electron chi connectivity index (χ1n) is 7.91. The molecule has 0 saturated carbocycles. The van der Waals surface area contributed by atoms with Gasteiger partial charge in [-0.1, -0.05) is 38.1 Å². The van der Waals surface area contributed by atoms with E-state index < -0.39 is 18.5 Å². The number of hydrogen-bond donors (Lipinski definition) is 1.